The summed E-state index contributed by atoms with van der Waals surface area (Å²) in [6.07, 6.45) is 1.35. The van der Waals surface area contributed by atoms with Gasteiger partial charge in [-0.3, -0.25) is 14.5 Å². The summed E-state index contributed by atoms with van der Waals surface area (Å²) in [7, 11) is 0. The van der Waals surface area contributed by atoms with E-state index in [9.17, 15) is 9.59 Å². The Hall–Kier alpha value is -2.10. The number of hydrogen-bond acceptors (Lipinski definition) is 3. The second-order valence-corrected chi connectivity index (χ2v) is 3.78. The van der Waals surface area contributed by atoms with Crippen molar-refractivity contribution in [3.8, 4) is 5.75 Å². The fourth-order valence-corrected chi connectivity index (χ4v) is 1.62. The molecule has 0 saturated carbocycles. The molecule has 17 heavy (non-hydrogen) atoms. The summed E-state index contributed by atoms with van der Waals surface area (Å²) in [6.45, 7) is 2.22. The standard InChI is InChI=1S/C13H13NO3/c1-10-9-12(15)14(13(10)16)7-8-17-11-5-3-2-4-6-11/h2-6,9H,7-8H2,1H3. The Labute approximate surface area is 99.5 Å². The van der Waals surface area contributed by atoms with E-state index in [0.29, 0.717) is 12.2 Å². The van der Waals surface area contributed by atoms with Crippen LogP contribution in [-0.2, 0) is 9.59 Å². The zero-order valence-electron chi connectivity index (χ0n) is 9.55. The summed E-state index contributed by atoms with van der Waals surface area (Å²) in [5.41, 5.74) is 0.481. The van der Waals surface area contributed by atoms with E-state index in [4.69, 9.17) is 4.74 Å². The quantitative estimate of drug-likeness (QED) is 0.735. The highest BCUT2D eigenvalue weighted by molar-refractivity contribution is 6.15. The van der Waals surface area contributed by atoms with Gasteiger partial charge in [-0.15, -0.1) is 0 Å². The third-order valence-electron chi connectivity index (χ3n) is 2.52. The number of rotatable bonds is 4. The highest BCUT2D eigenvalue weighted by atomic mass is 16.5. The van der Waals surface area contributed by atoms with E-state index in [2.05, 4.69) is 0 Å². The number of imide groups is 1. The van der Waals surface area contributed by atoms with Crippen LogP contribution in [0.2, 0.25) is 0 Å². The second-order valence-electron chi connectivity index (χ2n) is 3.78. The number of para-hydroxylation sites is 1. The van der Waals surface area contributed by atoms with Crippen LogP contribution in [0.25, 0.3) is 0 Å². The molecule has 1 aromatic carbocycles. The SMILES string of the molecule is CC1=CC(=O)N(CCOc2ccccc2)C1=O. The van der Waals surface area contributed by atoms with Crippen LogP contribution in [0.4, 0.5) is 0 Å². The van der Waals surface area contributed by atoms with Crippen LogP contribution >= 0.6 is 0 Å². The maximum Gasteiger partial charge on any atom is 0.256 e. The molecule has 1 aliphatic rings. The molecule has 0 radical (unpaired) electrons. The maximum absolute atomic E-state index is 11.5. The smallest absolute Gasteiger partial charge is 0.256 e. The number of nitrogens with zero attached hydrogens (tertiary/aromatic N) is 1. The first-order valence-corrected chi connectivity index (χ1v) is 5.40. The number of hydrogen-bond donors (Lipinski definition) is 0. The molecule has 0 saturated heterocycles. The minimum Gasteiger partial charge on any atom is -0.492 e. The van der Waals surface area contributed by atoms with Crippen molar-refractivity contribution in [3.05, 3.63) is 42.0 Å². The van der Waals surface area contributed by atoms with E-state index in [1.54, 1.807) is 6.92 Å². The Kier molecular flexibility index (Phi) is 3.23. The molecule has 1 aromatic rings. The summed E-state index contributed by atoms with van der Waals surface area (Å²) >= 11 is 0. The van der Waals surface area contributed by atoms with E-state index >= 15 is 0 Å². The summed E-state index contributed by atoms with van der Waals surface area (Å²) < 4.78 is 5.43. The van der Waals surface area contributed by atoms with Gasteiger partial charge >= 0.3 is 0 Å². The Morgan fingerprint density at radius 2 is 1.88 bits per heavy atom. The number of amides is 2. The van der Waals surface area contributed by atoms with E-state index in [-0.39, 0.29) is 18.4 Å². The molecule has 88 valence electrons. The monoisotopic (exact) mass is 231 g/mol. The highest BCUT2D eigenvalue weighted by Gasteiger charge is 2.27. The molecule has 2 rings (SSSR count). The molecular weight excluding hydrogens is 218 g/mol. The van der Waals surface area contributed by atoms with Gasteiger partial charge in [0.15, 0.2) is 0 Å². The predicted octanol–water partition coefficient (Wildman–Crippen LogP) is 1.38. The van der Waals surface area contributed by atoms with Crippen molar-refractivity contribution >= 4 is 11.8 Å². The van der Waals surface area contributed by atoms with Crippen molar-refractivity contribution in [2.75, 3.05) is 13.2 Å². The number of carbonyl (C=O) groups excluding carboxylic acids is 2. The number of ether oxygens (including phenoxy) is 1. The van der Waals surface area contributed by atoms with Gasteiger partial charge in [0.05, 0.1) is 6.54 Å². The molecule has 0 unspecified atom stereocenters. The molecule has 0 N–H and O–H groups in total. The van der Waals surface area contributed by atoms with Crippen molar-refractivity contribution in [2.45, 2.75) is 6.92 Å². The van der Waals surface area contributed by atoms with Crippen LogP contribution in [0, 0.1) is 0 Å². The Morgan fingerprint density at radius 3 is 2.47 bits per heavy atom. The average Bonchev–Trinajstić information content (AvgIpc) is 2.57. The molecule has 0 fully saturated rings. The molecule has 1 heterocycles. The summed E-state index contributed by atoms with van der Waals surface area (Å²) in [5, 5.41) is 0. The van der Waals surface area contributed by atoms with Crippen molar-refractivity contribution < 1.29 is 14.3 Å². The largest absolute Gasteiger partial charge is 0.492 e. The lowest BCUT2D eigenvalue weighted by Gasteiger charge is -2.14. The Bertz CT molecular complexity index is 465. The van der Waals surface area contributed by atoms with Gasteiger partial charge in [-0.25, -0.2) is 0 Å². The second kappa shape index (κ2) is 4.82. The normalized spacial score (nSPS) is 15.1. The van der Waals surface area contributed by atoms with Gasteiger partial charge in [0.2, 0.25) is 0 Å². The van der Waals surface area contributed by atoms with Gasteiger partial charge in [-0.1, -0.05) is 18.2 Å². The summed E-state index contributed by atoms with van der Waals surface area (Å²) in [4.78, 5) is 24.1. The lowest BCUT2D eigenvalue weighted by Crippen LogP contribution is -2.34. The fourth-order valence-electron chi connectivity index (χ4n) is 1.62. The number of benzene rings is 1. The first-order chi connectivity index (χ1) is 8.18. The minimum atomic E-state index is -0.260. The van der Waals surface area contributed by atoms with Crippen molar-refractivity contribution in [2.24, 2.45) is 0 Å². The molecule has 0 aliphatic carbocycles. The zero-order chi connectivity index (χ0) is 12.3. The molecule has 0 atom stereocenters. The lowest BCUT2D eigenvalue weighted by atomic mass is 10.3. The van der Waals surface area contributed by atoms with Crippen molar-refractivity contribution in [1.29, 1.82) is 0 Å². The topological polar surface area (TPSA) is 46.6 Å². The van der Waals surface area contributed by atoms with Crippen LogP contribution in [0.1, 0.15) is 6.92 Å². The van der Waals surface area contributed by atoms with Crippen molar-refractivity contribution in [3.63, 3.8) is 0 Å². The van der Waals surface area contributed by atoms with E-state index in [1.165, 1.54) is 11.0 Å². The van der Waals surface area contributed by atoms with Crippen LogP contribution < -0.4 is 4.74 Å². The summed E-state index contributed by atoms with van der Waals surface area (Å²) in [6, 6.07) is 9.29. The molecule has 4 heteroatoms. The van der Waals surface area contributed by atoms with E-state index in [0.717, 1.165) is 5.75 Å². The molecule has 2 amide bonds. The lowest BCUT2D eigenvalue weighted by molar-refractivity contribution is -0.137. The minimum absolute atomic E-state index is 0.230. The first kappa shape index (κ1) is 11.4. The third kappa shape index (κ3) is 2.53. The van der Waals surface area contributed by atoms with Crippen LogP contribution in [-0.4, -0.2) is 29.9 Å². The fraction of sp³-hybridized carbons (Fsp3) is 0.231. The van der Waals surface area contributed by atoms with Gasteiger partial charge in [0.1, 0.15) is 12.4 Å². The van der Waals surface area contributed by atoms with Crippen LogP contribution in [0.15, 0.2) is 42.0 Å². The predicted molar refractivity (Wildman–Crippen MR) is 62.4 cm³/mol. The highest BCUT2D eigenvalue weighted by Crippen LogP contribution is 2.12. The Balaban J connectivity index is 1.84. The molecule has 0 aromatic heterocycles. The number of carbonyl (C=O) groups is 2. The first-order valence-electron chi connectivity index (χ1n) is 5.40. The third-order valence-corrected chi connectivity index (χ3v) is 2.52. The van der Waals surface area contributed by atoms with Crippen LogP contribution in [0.3, 0.4) is 0 Å². The molecule has 0 spiro atoms. The molecule has 1 aliphatic heterocycles. The van der Waals surface area contributed by atoms with Gasteiger partial charge in [-0.05, 0) is 19.1 Å². The average molecular weight is 231 g/mol. The Morgan fingerprint density at radius 1 is 1.18 bits per heavy atom. The zero-order valence-corrected chi connectivity index (χ0v) is 9.55. The van der Waals surface area contributed by atoms with E-state index in [1.807, 2.05) is 30.3 Å². The van der Waals surface area contributed by atoms with Gasteiger partial charge in [-0.2, -0.15) is 0 Å². The molecular formula is C13H13NO3. The van der Waals surface area contributed by atoms with Gasteiger partial charge in [0.25, 0.3) is 11.8 Å². The molecule has 4 nitrogen and oxygen atoms in total. The van der Waals surface area contributed by atoms with E-state index < -0.39 is 0 Å². The van der Waals surface area contributed by atoms with Gasteiger partial charge < -0.3 is 4.74 Å². The maximum atomic E-state index is 11.5. The van der Waals surface area contributed by atoms with Crippen LogP contribution in [0.5, 0.6) is 5.75 Å². The van der Waals surface area contributed by atoms with Gasteiger partial charge in [0, 0.05) is 11.6 Å². The van der Waals surface area contributed by atoms with Crippen molar-refractivity contribution in [1.82, 2.24) is 4.90 Å². The summed E-state index contributed by atoms with van der Waals surface area (Å²) in [5.74, 6) is 0.243. The molecule has 0 bridgehead atoms.